The van der Waals surface area contributed by atoms with E-state index in [4.69, 9.17) is 21.1 Å². The van der Waals surface area contributed by atoms with Gasteiger partial charge in [0.15, 0.2) is 17.3 Å². The average molecular weight is 412 g/mol. The zero-order valence-electron chi connectivity index (χ0n) is 16.2. The average Bonchev–Trinajstić information content (AvgIpc) is 3.10. The Morgan fingerprint density at radius 1 is 1.17 bits per heavy atom. The molecule has 3 fully saturated rings. The summed E-state index contributed by atoms with van der Waals surface area (Å²) in [6.45, 7) is 4.60. The van der Waals surface area contributed by atoms with E-state index in [1.54, 1.807) is 6.33 Å². The van der Waals surface area contributed by atoms with Crippen molar-refractivity contribution in [2.24, 2.45) is 11.8 Å². The molecule has 0 spiro atoms. The smallest absolute Gasteiger partial charge is 0.165 e. The van der Waals surface area contributed by atoms with E-state index in [9.17, 15) is 0 Å². The first kappa shape index (κ1) is 17.6. The molecule has 3 heterocycles. The molecular formula is C21H22ClN5O2. The summed E-state index contributed by atoms with van der Waals surface area (Å²) >= 11 is 6.09. The first-order valence-corrected chi connectivity index (χ1v) is 10.4. The van der Waals surface area contributed by atoms with Gasteiger partial charge in [-0.15, -0.1) is 0 Å². The van der Waals surface area contributed by atoms with E-state index in [2.05, 4.69) is 24.8 Å². The van der Waals surface area contributed by atoms with E-state index >= 15 is 0 Å². The maximum absolute atomic E-state index is 6.26. The number of ether oxygens (including phenoxy) is 2. The summed E-state index contributed by atoms with van der Waals surface area (Å²) < 4.78 is 14.6. The molecule has 29 heavy (non-hydrogen) atoms. The minimum atomic E-state index is -0.532. The van der Waals surface area contributed by atoms with Crippen LogP contribution in [0.1, 0.15) is 31.9 Å². The highest BCUT2D eigenvalue weighted by Crippen LogP contribution is 2.63. The van der Waals surface area contributed by atoms with Crippen molar-refractivity contribution in [3.8, 4) is 0 Å². The number of hydrogen-bond acceptors (Lipinski definition) is 6. The highest BCUT2D eigenvalue weighted by atomic mass is 35.5. The van der Waals surface area contributed by atoms with Crippen LogP contribution in [0.25, 0.3) is 11.2 Å². The Hall–Kier alpha value is -2.22. The monoisotopic (exact) mass is 411 g/mol. The Bertz CT molecular complexity index is 1100. The lowest BCUT2D eigenvalue weighted by atomic mass is 10.1. The minimum absolute atomic E-state index is 0.0454. The van der Waals surface area contributed by atoms with Gasteiger partial charge in [0.1, 0.15) is 17.9 Å². The van der Waals surface area contributed by atoms with Crippen LogP contribution in [-0.2, 0) is 16.0 Å². The fourth-order valence-electron chi connectivity index (χ4n) is 5.06. The molecular weight excluding hydrogens is 390 g/mol. The molecule has 1 N–H and O–H groups in total. The van der Waals surface area contributed by atoms with Gasteiger partial charge >= 0.3 is 0 Å². The van der Waals surface area contributed by atoms with Crippen LogP contribution in [0.4, 0.5) is 5.82 Å². The second kappa shape index (κ2) is 6.14. The number of imidazole rings is 1. The number of benzene rings is 1. The van der Waals surface area contributed by atoms with Crippen LogP contribution in [0.5, 0.6) is 0 Å². The van der Waals surface area contributed by atoms with Crippen molar-refractivity contribution < 1.29 is 9.47 Å². The third-order valence-corrected chi connectivity index (χ3v) is 6.52. The van der Waals surface area contributed by atoms with Gasteiger partial charge in [-0.05, 0) is 49.8 Å². The number of aromatic nitrogens is 4. The minimum Gasteiger partial charge on any atom is -0.364 e. The van der Waals surface area contributed by atoms with Crippen LogP contribution in [0, 0.1) is 11.8 Å². The Morgan fingerprint density at radius 2 is 2.03 bits per heavy atom. The Morgan fingerprint density at radius 3 is 2.90 bits per heavy atom. The molecule has 7 nitrogen and oxygen atoms in total. The van der Waals surface area contributed by atoms with Crippen molar-refractivity contribution in [3.05, 3.63) is 47.5 Å². The quantitative estimate of drug-likeness (QED) is 0.703. The summed E-state index contributed by atoms with van der Waals surface area (Å²) in [7, 11) is 0. The van der Waals surface area contributed by atoms with Crippen molar-refractivity contribution in [1.29, 1.82) is 0 Å². The maximum Gasteiger partial charge on any atom is 0.165 e. The van der Waals surface area contributed by atoms with Crippen LogP contribution in [0.15, 0.2) is 36.9 Å². The molecule has 0 radical (unpaired) electrons. The number of anilines is 1. The largest absolute Gasteiger partial charge is 0.364 e. The highest BCUT2D eigenvalue weighted by Gasteiger charge is 2.66. The van der Waals surface area contributed by atoms with Crippen LogP contribution < -0.4 is 5.32 Å². The van der Waals surface area contributed by atoms with Gasteiger partial charge in [0, 0.05) is 11.6 Å². The summed E-state index contributed by atoms with van der Waals surface area (Å²) in [5.74, 6) is 1.33. The molecule has 8 heteroatoms. The summed E-state index contributed by atoms with van der Waals surface area (Å²) in [5.41, 5.74) is 2.69. The molecule has 150 valence electrons. The number of nitrogens with one attached hydrogen (secondary N) is 1. The lowest BCUT2D eigenvalue weighted by Gasteiger charge is -2.24. The molecule has 3 aliphatic rings. The fourth-order valence-corrected chi connectivity index (χ4v) is 5.27. The molecule has 3 aromatic rings. The molecule has 2 aromatic heterocycles. The van der Waals surface area contributed by atoms with Gasteiger partial charge in [-0.2, -0.15) is 0 Å². The van der Waals surface area contributed by atoms with Crippen molar-refractivity contribution in [2.75, 3.05) is 5.32 Å². The molecule has 0 bridgehead atoms. The SMILES string of the molecule is CC1(C)O[C@@H]2[C@@H]3C[C@@H]3[C@@H](n3cnc4c(NCc5cccc(Cl)c5)ncnc43)[C@@H]2O1. The Labute approximate surface area is 173 Å². The van der Waals surface area contributed by atoms with E-state index in [1.165, 1.54) is 6.42 Å². The number of nitrogens with zero attached hydrogens (tertiary/aromatic N) is 4. The zero-order valence-corrected chi connectivity index (χ0v) is 17.0. The Balaban J connectivity index is 1.31. The molecule has 0 amide bonds. The Kier molecular flexibility index (Phi) is 3.73. The lowest BCUT2D eigenvalue weighted by Crippen LogP contribution is -2.30. The summed E-state index contributed by atoms with van der Waals surface area (Å²) in [6, 6.07) is 7.98. The maximum atomic E-state index is 6.26. The summed E-state index contributed by atoms with van der Waals surface area (Å²) in [5, 5.41) is 4.09. The van der Waals surface area contributed by atoms with Crippen molar-refractivity contribution in [1.82, 2.24) is 19.5 Å². The van der Waals surface area contributed by atoms with Crippen molar-refractivity contribution in [3.63, 3.8) is 0 Å². The molecule has 6 rings (SSSR count). The predicted molar refractivity (Wildman–Crippen MR) is 109 cm³/mol. The zero-order chi connectivity index (χ0) is 19.8. The first-order chi connectivity index (χ1) is 14.0. The van der Waals surface area contributed by atoms with E-state index in [1.807, 2.05) is 44.4 Å². The second-order valence-electron chi connectivity index (χ2n) is 8.65. The molecule has 0 unspecified atom stereocenters. The third kappa shape index (κ3) is 2.83. The number of hydrogen-bond donors (Lipinski definition) is 1. The van der Waals surface area contributed by atoms with Crippen molar-refractivity contribution in [2.45, 2.75) is 50.8 Å². The fraction of sp³-hybridized carbons (Fsp3) is 0.476. The van der Waals surface area contributed by atoms with E-state index in [0.29, 0.717) is 18.4 Å². The third-order valence-electron chi connectivity index (χ3n) is 6.28. The van der Waals surface area contributed by atoms with Gasteiger partial charge in [-0.1, -0.05) is 23.7 Å². The van der Waals surface area contributed by atoms with Crippen LogP contribution in [-0.4, -0.2) is 37.5 Å². The van der Waals surface area contributed by atoms with Gasteiger partial charge in [0.25, 0.3) is 0 Å². The van der Waals surface area contributed by atoms with Gasteiger partial charge in [-0.3, -0.25) is 0 Å². The molecule has 5 atom stereocenters. The normalized spacial score (nSPS) is 31.6. The van der Waals surface area contributed by atoms with Gasteiger partial charge < -0.3 is 19.4 Å². The number of halogens is 1. The van der Waals surface area contributed by atoms with Gasteiger partial charge in [-0.25, -0.2) is 15.0 Å². The van der Waals surface area contributed by atoms with Crippen molar-refractivity contribution >= 4 is 28.6 Å². The number of rotatable bonds is 4. The molecule has 1 saturated heterocycles. The standard InChI is InChI=1S/C21H22ClN5O2/c1-21(2)28-17-14-7-13(14)16(18(17)29-21)27-10-26-15-19(24-9-25-20(15)27)23-8-11-4-3-5-12(22)6-11/h3-6,9-10,13-14,16-18H,7-8H2,1-2H3,(H,23,24,25)/t13-,14+,16+,17+,18-/m0/s1. The van der Waals surface area contributed by atoms with E-state index < -0.39 is 5.79 Å². The van der Waals surface area contributed by atoms with Gasteiger partial charge in [0.05, 0.1) is 18.5 Å². The first-order valence-electron chi connectivity index (χ1n) is 10.0. The van der Waals surface area contributed by atoms with E-state index in [-0.39, 0.29) is 18.2 Å². The highest BCUT2D eigenvalue weighted by molar-refractivity contribution is 6.30. The topological polar surface area (TPSA) is 74.1 Å². The molecule has 1 aromatic carbocycles. The van der Waals surface area contributed by atoms with Gasteiger partial charge in [0.2, 0.25) is 0 Å². The molecule has 1 aliphatic heterocycles. The number of fused-ring (bicyclic) bond motifs is 4. The van der Waals surface area contributed by atoms with E-state index in [0.717, 1.165) is 27.6 Å². The summed E-state index contributed by atoms with van der Waals surface area (Å²) in [4.78, 5) is 13.6. The molecule has 2 aliphatic carbocycles. The summed E-state index contributed by atoms with van der Waals surface area (Å²) in [6.07, 6.45) is 4.86. The molecule has 2 saturated carbocycles. The van der Waals surface area contributed by atoms with Crippen LogP contribution in [0.2, 0.25) is 5.02 Å². The second-order valence-corrected chi connectivity index (χ2v) is 9.09. The van der Waals surface area contributed by atoms with Crippen LogP contribution in [0.3, 0.4) is 0 Å². The predicted octanol–water partition coefficient (Wildman–Crippen LogP) is 3.80. The lowest BCUT2D eigenvalue weighted by molar-refractivity contribution is -0.156. The van der Waals surface area contributed by atoms with Crippen LogP contribution >= 0.6 is 11.6 Å².